The van der Waals surface area contributed by atoms with E-state index in [1.165, 1.54) is 12.1 Å². The number of hydrogen-bond acceptors (Lipinski definition) is 4. The highest BCUT2D eigenvalue weighted by molar-refractivity contribution is 14.1. The minimum atomic E-state index is -0.717. The smallest absolute Gasteiger partial charge is 0.259 e. The summed E-state index contributed by atoms with van der Waals surface area (Å²) in [6.07, 6.45) is 0.698. The minimum absolute atomic E-state index is 0.270. The van der Waals surface area contributed by atoms with Crippen LogP contribution in [-0.4, -0.2) is 15.2 Å². The van der Waals surface area contributed by atoms with Gasteiger partial charge in [-0.3, -0.25) is 0 Å². The Morgan fingerprint density at radius 3 is 2.94 bits per heavy atom. The summed E-state index contributed by atoms with van der Waals surface area (Å²) in [6, 6.07) is 4.31. The molecule has 2 aromatic rings. The van der Waals surface area contributed by atoms with Gasteiger partial charge < -0.3 is 9.63 Å². The van der Waals surface area contributed by atoms with Gasteiger partial charge in [-0.2, -0.15) is 4.98 Å². The Hall–Kier alpha value is -1.02. The molecule has 1 unspecified atom stereocenters. The van der Waals surface area contributed by atoms with Crippen molar-refractivity contribution >= 4 is 22.6 Å². The second kappa shape index (κ2) is 5.75. The fourth-order valence-electron chi connectivity index (χ4n) is 1.55. The van der Waals surface area contributed by atoms with Crippen molar-refractivity contribution in [3.63, 3.8) is 0 Å². The van der Waals surface area contributed by atoms with Crippen LogP contribution in [0.1, 0.15) is 31.7 Å². The predicted octanol–water partition coefficient (Wildman–Crippen LogP) is 3.31. The third-order valence-corrected chi connectivity index (χ3v) is 3.36. The minimum Gasteiger partial charge on any atom is -0.385 e. The summed E-state index contributed by atoms with van der Waals surface area (Å²) < 4.78 is 18.8. The fourth-order valence-corrected chi connectivity index (χ4v) is 2.25. The van der Waals surface area contributed by atoms with Crippen LogP contribution in [0.3, 0.4) is 0 Å². The fraction of sp³-hybridized carbons (Fsp3) is 0.333. The summed E-state index contributed by atoms with van der Waals surface area (Å²) >= 11 is 2.00. The number of benzene rings is 1. The van der Waals surface area contributed by atoms with Crippen molar-refractivity contribution in [2.45, 2.75) is 25.9 Å². The topological polar surface area (TPSA) is 59.2 Å². The van der Waals surface area contributed by atoms with Crippen LogP contribution in [0.5, 0.6) is 0 Å². The molecule has 0 aliphatic heterocycles. The van der Waals surface area contributed by atoms with Crippen LogP contribution in [0.2, 0.25) is 0 Å². The molecule has 0 aliphatic carbocycles. The quantitative estimate of drug-likeness (QED) is 0.848. The molecule has 0 saturated heterocycles. The highest BCUT2D eigenvalue weighted by Crippen LogP contribution is 2.26. The third-order valence-electron chi connectivity index (χ3n) is 2.46. The Morgan fingerprint density at radius 1 is 1.50 bits per heavy atom. The molecule has 2 rings (SSSR count). The molecular weight excluding hydrogens is 350 g/mol. The van der Waals surface area contributed by atoms with E-state index in [4.69, 9.17) is 4.52 Å². The van der Waals surface area contributed by atoms with Crippen molar-refractivity contribution < 1.29 is 14.0 Å². The van der Waals surface area contributed by atoms with Crippen molar-refractivity contribution in [3.8, 4) is 11.5 Å². The average molecular weight is 362 g/mol. The second-order valence-electron chi connectivity index (χ2n) is 3.89. The van der Waals surface area contributed by atoms with E-state index < -0.39 is 6.10 Å². The summed E-state index contributed by atoms with van der Waals surface area (Å²) in [4.78, 5) is 4.13. The average Bonchev–Trinajstić information content (AvgIpc) is 2.78. The Labute approximate surface area is 117 Å². The van der Waals surface area contributed by atoms with Gasteiger partial charge in [0.1, 0.15) is 11.9 Å². The first-order chi connectivity index (χ1) is 8.61. The Morgan fingerprint density at radius 2 is 2.28 bits per heavy atom. The maximum absolute atomic E-state index is 13.0. The van der Waals surface area contributed by atoms with E-state index in [0.29, 0.717) is 21.4 Å². The summed E-state index contributed by atoms with van der Waals surface area (Å²) in [5.74, 6) is 0.255. The predicted molar refractivity (Wildman–Crippen MR) is 72.3 cm³/mol. The number of rotatable bonds is 4. The van der Waals surface area contributed by atoms with Crippen LogP contribution in [0, 0.1) is 9.39 Å². The molecule has 0 spiro atoms. The lowest BCUT2D eigenvalue weighted by Gasteiger charge is -2.01. The molecule has 0 amide bonds. The summed E-state index contributed by atoms with van der Waals surface area (Å²) in [7, 11) is 0. The van der Waals surface area contributed by atoms with E-state index in [2.05, 4.69) is 10.1 Å². The van der Waals surface area contributed by atoms with Crippen LogP contribution >= 0.6 is 22.6 Å². The highest BCUT2D eigenvalue weighted by Gasteiger charge is 2.17. The van der Waals surface area contributed by atoms with E-state index in [1.807, 2.05) is 29.5 Å². The molecular formula is C12H12FIN2O2. The van der Waals surface area contributed by atoms with Crippen LogP contribution in [0.4, 0.5) is 4.39 Å². The third kappa shape index (κ3) is 2.86. The normalized spacial score (nSPS) is 12.7. The van der Waals surface area contributed by atoms with Gasteiger partial charge >= 0.3 is 0 Å². The number of aliphatic hydroxyl groups excluding tert-OH is 1. The number of aliphatic hydroxyl groups is 1. The molecule has 18 heavy (non-hydrogen) atoms. The van der Waals surface area contributed by atoms with Crippen molar-refractivity contribution in [1.29, 1.82) is 0 Å². The van der Waals surface area contributed by atoms with E-state index in [1.54, 1.807) is 6.07 Å². The van der Waals surface area contributed by atoms with Gasteiger partial charge in [-0.25, -0.2) is 4.39 Å². The summed E-state index contributed by atoms with van der Waals surface area (Å²) in [5, 5.41) is 13.5. The zero-order chi connectivity index (χ0) is 13.1. The van der Waals surface area contributed by atoms with E-state index in [-0.39, 0.29) is 11.6 Å². The summed E-state index contributed by atoms with van der Waals surface area (Å²) in [6.45, 7) is 1.97. The zero-order valence-corrected chi connectivity index (χ0v) is 11.9. The Kier molecular flexibility index (Phi) is 4.28. The molecule has 0 radical (unpaired) electrons. The van der Waals surface area contributed by atoms with Gasteiger partial charge in [0.25, 0.3) is 5.89 Å². The standard InChI is InChI=1S/C12H12FIN2O2/c1-2-3-10(17)11-15-12(18-16-11)8-5-4-7(13)6-9(8)14/h4-6,10,17H,2-3H2,1H3. The molecule has 1 atom stereocenters. The lowest BCUT2D eigenvalue weighted by molar-refractivity contribution is 0.153. The van der Waals surface area contributed by atoms with Crippen LogP contribution in [0.15, 0.2) is 22.7 Å². The van der Waals surface area contributed by atoms with Gasteiger partial charge in [-0.15, -0.1) is 0 Å². The second-order valence-corrected chi connectivity index (χ2v) is 5.05. The molecule has 1 aromatic heterocycles. The molecule has 0 fully saturated rings. The van der Waals surface area contributed by atoms with Gasteiger partial charge in [0.15, 0.2) is 0 Å². The Bertz CT molecular complexity index is 545. The van der Waals surface area contributed by atoms with Gasteiger partial charge in [-0.05, 0) is 47.2 Å². The molecule has 1 heterocycles. The number of halogens is 2. The van der Waals surface area contributed by atoms with Gasteiger partial charge in [0.05, 0.1) is 5.56 Å². The molecule has 1 aromatic carbocycles. The molecule has 0 bridgehead atoms. The lowest BCUT2D eigenvalue weighted by Crippen LogP contribution is -1.98. The van der Waals surface area contributed by atoms with Crippen molar-refractivity contribution in [1.82, 2.24) is 10.1 Å². The van der Waals surface area contributed by atoms with E-state index in [0.717, 1.165) is 6.42 Å². The highest BCUT2D eigenvalue weighted by atomic mass is 127. The van der Waals surface area contributed by atoms with Gasteiger partial charge in [0, 0.05) is 3.57 Å². The van der Waals surface area contributed by atoms with Gasteiger partial charge in [-0.1, -0.05) is 18.5 Å². The molecule has 0 saturated carbocycles. The van der Waals surface area contributed by atoms with E-state index in [9.17, 15) is 9.50 Å². The number of aromatic nitrogens is 2. The van der Waals surface area contributed by atoms with Crippen molar-refractivity contribution in [2.24, 2.45) is 0 Å². The number of nitrogens with zero attached hydrogens (tertiary/aromatic N) is 2. The monoisotopic (exact) mass is 362 g/mol. The SMILES string of the molecule is CCCC(O)c1noc(-c2ccc(F)cc2I)n1. The lowest BCUT2D eigenvalue weighted by atomic mass is 10.2. The van der Waals surface area contributed by atoms with Gasteiger partial charge in [0.2, 0.25) is 5.82 Å². The molecule has 0 aliphatic rings. The zero-order valence-electron chi connectivity index (χ0n) is 9.73. The molecule has 96 valence electrons. The maximum Gasteiger partial charge on any atom is 0.259 e. The van der Waals surface area contributed by atoms with E-state index >= 15 is 0 Å². The first-order valence-corrected chi connectivity index (χ1v) is 6.66. The molecule has 4 nitrogen and oxygen atoms in total. The van der Waals surface area contributed by atoms with Crippen LogP contribution in [0.25, 0.3) is 11.5 Å². The summed E-state index contributed by atoms with van der Waals surface area (Å²) in [5.41, 5.74) is 0.666. The maximum atomic E-state index is 13.0. The Balaban J connectivity index is 2.29. The number of hydrogen-bond donors (Lipinski definition) is 1. The first kappa shape index (κ1) is 13.4. The van der Waals surface area contributed by atoms with Crippen molar-refractivity contribution in [2.75, 3.05) is 0 Å². The first-order valence-electron chi connectivity index (χ1n) is 5.59. The van der Waals surface area contributed by atoms with Crippen molar-refractivity contribution in [3.05, 3.63) is 33.4 Å². The van der Waals surface area contributed by atoms with Crippen LogP contribution < -0.4 is 0 Å². The largest absolute Gasteiger partial charge is 0.385 e. The van der Waals surface area contributed by atoms with Crippen LogP contribution in [-0.2, 0) is 0 Å². The molecule has 6 heteroatoms. The molecule has 1 N–H and O–H groups in total.